The van der Waals surface area contributed by atoms with Crippen molar-refractivity contribution in [2.45, 2.75) is 25.5 Å². The predicted molar refractivity (Wildman–Crippen MR) is 79.6 cm³/mol. The second-order valence-electron chi connectivity index (χ2n) is 5.25. The molecule has 4 heteroatoms. The van der Waals surface area contributed by atoms with Crippen LogP contribution < -0.4 is 0 Å². The van der Waals surface area contributed by atoms with Crippen LogP contribution in [-0.4, -0.2) is 27.4 Å². The molecular weight excluding hydrogens is 264 g/mol. The van der Waals surface area contributed by atoms with Gasteiger partial charge in [-0.25, -0.2) is 0 Å². The molecule has 1 aromatic heterocycles. The average Bonchev–Trinajstić information content (AvgIpc) is 2.76. The second-order valence-corrected chi connectivity index (χ2v) is 5.25. The number of aromatic nitrogens is 1. The van der Waals surface area contributed by atoms with Gasteiger partial charge in [-0.15, -0.1) is 0 Å². The smallest absolute Gasteiger partial charge is 0.258 e. The monoisotopic (exact) mass is 282 g/mol. The molecule has 0 saturated heterocycles. The number of benzene rings is 1. The summed E-state index contributed by atoms with van der Waals surface area (Å²) in [5.41, 5.74) is 0.119. The van der Waals surface area contributed by atoms with Crippen molar-refractivity contribution in [3.63, 3.8) is 0 Å². The summed E-state index contributed by atoms with van der Waals surface area (Å²) in [5.74, 6) is -0.155. The minimum Gasteiger partial charge on any atom is -0.362 e. The van der Waals surface area contributed by atoms with Crippen LogP contribution in [0.25, 0.3) is 0 Å². The number of pyridine rings is 1. The van der Waals surface area contributed by atoms with Gasteiger partial charge in [-0.3, -0.25) is 9.78 Å². The first kappa shape index (κ1) is 13.8. The maximum atomic E-state index is 12.6. The molecule has 0 aliphatic carbocycles. The Balaban J connectivity index is 2.15. The fraction of sp³-hybridized carbons (Fsp3) is 0.294. The fourth-order valence-electron chi connectivity index (χ4n) is 2.82. The van der Waals surface area contributed by atoms with Gasteiger partial charge in [-0.1, -0.05) is 43.7 Å². The number of fused-ring (bicyclic) bond motifs is 1. The lowest BCUT2D eigenvalue weighted by molar-refractivity contribution is -0.0530. The zero-order valence-electron chi connectivity index (χ0n) is 12.0. The van der Waals surface area contributed by atoms with E-state index in [1.54, 1.807) is 18.3 Å². The van der Waals surface area contributed by atoms with E-state index in [0.717, 1.165) is 12.8 Å². The highest BCUT2D eigenvalue weighted by Crippen LogP contribution is 2.40. The van der Waals surface area contributed by atoms with Crippen molar-refractivity contribution in [2.24, 2.45) is 0 Å². The van der Waals surface area contributed by atoms with Crippen LogP contribution in [-0.2, 0) is 5.72 Å². The Morgan fingerprint density at radius 2 is 1.95 bits per heavy atom. The maximum absolute atomic E-state index is 12.6. The Hall–Kier alpha value is -2.20. The Kier molecular flexibility index (Phi) is 3.47. The van der Waals surface area contributed by atoms with E-state index in [1.807, 2.05) is 30.3 Å². The molecule has 0 spiro atoms. The van der Waals surface area contributed by atoms with E-state index in [-0.39, 0.29) is 5.91 Å². The molecule has 0 fully saturated rings. The quantitative estimate of drug-likeness (QED) is 0.937. The fourth-order valence-corrected chi connectivity index (χ4v) is 2.82. The summed E-state index contributed by atoms with van der Waals surface area (Å²) in [5, 5.41) is 11.3. The van der Waals surface area contributed by atoms with Gasteiger partial charge in [0.2, 0.25) is 5.72 Å². The molecule has 0 radical (unpaired) electrons. The van der Waals surface area contributed by atoms with Crippen LogP contribution in [0.4, 0.5) is 0 Å². The van der Waals surface area contributed by atoms with Crippen LogP contribution in [0.15, 0.2) is 48.7 Å². The molecule has 1 aromatic carbocycles. The van der Waals surface area contributed by atoms with Gasteiger partial charge in [0.15, 0.2) is 0 Å². The van der Waals surface area contributed by atoms with E-state index in [2.05, 4.69) is 11.9 Å². The maximum Gasteiger partial charge on any atom is 0.258 e. The highest BCUT2D eigenvalue weighted by atomic mass is 16.3. The molecule has 108 valence electrons. The average molecular weight is 282 g/mol. The number of nitrogens with zero attached hydrogens (tertiary/aromatic N) is 2. The molecule has 2 heterocycles. The third kappa shape index (κ3) is 2.03. The Morgan fingerprint density at radius 1 is 1.19 bits per heavy atom. The van der Waals surface area contributed by atoms with E-state index in [0.29, 0.717) is 23.4 Å². The van der Waals surface area contributed by atoms with Gasteiger partial charge in [-0.2, -0.15) is 0 Å². The van der Waals surface area contributed by atoms with Gasteiger partial charge in [0.25, 0.3) is 5.91 Å². The summed E-state index contributed by atoms with van der Waals surface area (Å²) in [4.78, 5) is 18.4. The summed E-state index contributed by atoms with van der Waals surface area (Å²) < 4.78 is 0. The molecule has 0 saturated carbocycles. The number of aliphatic hydroxyl groups is 1. The first-order valence-corrected chi connectivity index (χ1v) is 7.25. The summed E-state index contributed by atoms with van der Waals surface area (Å²) in [6.45, 7) is 2.57. The number of carbonyl (C=O) groups excluding carboxylic acids is 1. The van der Waals surface area contributed by atoms with Crippen LogP contribution in [0.1, 0.15) is 41.4 Å². The van der Waals surface area contributed by atoms with E-state index in [1.165, 1.54) is 4.90 Å². The van der Waals surface area contributed by atoms with Gasteiger partial charge in [0, 0.05) is 18.3 Å². The molecular formula is C17H18N2O2. The van der Waals surface area contributed by atoms with Crippen molar-refractivity contribution >= 4 is 5.91 Å². The van der Waals surface area contributed by atoms with Crippen LogP contribution in [0.5, 0.6) is 0 Å². The number of rotatable bonds is 4. The highest BCUT2D eigenvalue weighted by Gasteiger charge is 2.50. The third-order valence-electron chi connectivity index (χ3n) is 3.92. The number of carbonyl (C=O) groups is 1. The summed E-state index contributed by atoms with van der Waals surface area (Å²) in [6, 6.07) is 12.7. The van der Waals surface area contributed by atoms with Gasteiger partial charge in [0.1, 0.15) is 5.69 Å². The van der Waals surface area contributed by atoms with Crippen molar-refractivity contribution < 1.29 is 9.90 Å². The number of hydrogen-bond acceptors (Lipinski definition) is 3. The third-order valence-corrected chi connectivity index (χ3v) is 3.92. The number of hydrogen-bond donors (Lipinski definition) is 1. The van der Waals surface area contributed by atoms with Crippen LogP contribution in [0.2, 0.25) is 0 Å². The van der Waals surface area contributed by atoms with Crippen LogP contribution in [0.3, 0.4) is 0 Å². The first-order chi connectivity index (χ1) is 10.2. The van der Waals surface area contributed by atoms with E-state index in [4.69, 9.17) is 0 Å². The SMILES string of the molecule is CCCCN1C(=O)c2cccnc2C1(O)c1ccccc1. The van der Waals surface area contributed by atoms with Crippen molar-refractivity contribution in [1.82, 2.24) is 9.88 Å². The lowest BCUT2D eigenvalue weighted by Crippen LogP contribution is -2.45. The zero-order chi connectivity index (χ0) is 14.9. The molecule has 1 unspecified atom stereocenters. The second kappa shape index (κ2) is 5.30. The normalized spacial score (nSPS) is 20.7. The van der Waals surface area contributed by atoms with E-state index in [9.17, 15) is 9.90 Å². The lowest BCUT2D eigenvalue weighted by Gasteiger charge is -2.34. The zero-order valence-corrected chi connectivity index (χ0v) is 12.0. The molecule has 3 rings (SSSR count). The molecule has 1 atom stereocenters. The Labute approximate surface area is 124 Å². The molecule has 2 aromatic rings. The summed E-state index contributed by atoms with van der Waals surface area (Å²) in [6.07, 6.45) is 3.41. The molecule has 1 aliphatic rings. The Morgan fingerprint density at radius 3 is 2.67 bits per heavy atom. The van der Waals surface area contributed by atoms with Crippen molar-refractivity contribution in [2.75, 3.05) is 6.54 Å². The lowest BCUT2D eigenvalue weighted by atomic mass is 9.98. The molecule has 1 aliphatic heterocycles. The number of amides is 1. The first-order valence-electron chi connectivity index (χ1n) is 7.25. The Bertz CT molecular complexity index is 657. The molecule has 4 nitrogen and oxygen atoms in total. The highest BCUT2D eigenvalue weighted by molar-refractivity contribution is 5.99. The van der Waals surface area contributed by atoms with Crippen LogP contribution >= 0.6 is 0 Å². The van der Waals surface area contributed by atoms with Gasteiger partial charge in [0.05, 0.1) is 5.56 Å². The van der Waals surface area contributed by atoms with Crippen molar-refractivity contribution in [3.05, 3.63) is 65.5 Å². The van der Waals surface area contributed by atoms with Crippen molar-refractivity contribution in [1.29, 1.82) is 0 Å². The van der Waals surface area contributed by atoms with Gasteiger partial charge >= 0.3 is 0 Å². The summed E-state index contributed by atoms with van der Waals surface area (Å²) >= 11 is 0. The van der Waals surface area contributed by atoms with E-state index < -0.39 is 5.72 Å². The minimum absolute atomic E-state index is 0.155. The molecule has 0 bridgehead atoms. The standard InChI is InChI=1S/C17H18N2O2/c1-2-3-12-19-16(20)14-10-7-11-18-15(14)17(19,21)13-8-5-4-6-9-13/h4-11,21H,2-3,12H2,1H3. The predicted octanol–water partition coefficient (Wildman–Crippen LogP) is 2.53. The number of unbranched alkanes of at least 4 members (excludes halogenated alkanes) is 1. The topological polar surface area (TPSA) is 53.4 Å². The summed E-state index contributed by atoms with van der Waals surface area (Å²) in [7, 11) is 0. The molecule has 1 amide bonds. The van der Waals surface area contributed by atoms with Crippen LogP contribution in [0, 0.1) is 0 Å². The van der Waals surface area contributed by atoms with E-state index >= 15 is 0 Å². The van der Waals surface area contributed by atoms with Crippen molar-refractivity contribution in [3.8, 4) is 0 Å². The minimum atomic E-state index is -1.47. The van der Waals surface area contributed by atoms with Gasteiger partial charge in [-0.05, 0) is 18.6 Å². The van der Waals surface area contributed by atoms with Gasteiger partial charge < -0.3 is 10.0 Å². The molecule has 21 heavy (non-hydrogen) atoms. The largest absolute Gasteiger partial charge is 0.362 e. The molecule has 1 N–H and O–H groups in total.